The molecule has 1 aliphatic heterocycles. The number of aliphatic hydroxyl groups is 1. The van der Waals surface area contributed by atoms with Crippen molar-refractivity contribution in [3.05, 3.63) is 58.1 Å². The molecule has 1 amide bonds. The topological polar surface area (TPSA) is 119 Å². The number of aliphatic hydroxyl groups excluding tert-OH is 1. The monoisotopic (exact) mass is 608 g/mol. The fourth-order valence-corrected chi connectivity index (χ4v) is 7.22. The van der Waals surface area contributed by atoms with E-state index in [2.05, 4.69) is 20.8 Å². The van der Waals surface area contributed by atoms with Gasteiger partial charge in [0.15, 0.2) is 9.84 Å². The molecule has 1 saturated heterocycles. The molecule has 3 rings (SSSR count). The molecule has 0 aromatic heterocycles. The number of halogens is 1. The standard InChI is InChI=1S/C31H45ClN2O6S/c1-8-12-39-26-16-21(15-24(32)27(26)33)13-22-18-41(37,38)19-25(28(22)35)34(29(36)40-31(5,6)7)17-20-10-9-11-23(14-20)30(2,3)4/h9-11,14-16,22,25,28,35H,8,12-13,17-19,33H2,1-7H3. The van der Waals surface area contributed by atoms with Gasteiger partial charge in [-0.25, -0.2) is 13.2 Å². The van der Waals surface area contributed by atoms with Crippen LogP contribution in [-0.4, -0.2) is 60.4 Å². The van der Waals surface area contributed by atoms with Gasteiger partial charge in [-0.3, -0.25) is 4.90 Å². The summed E-state index contributed by atoms with van der Waals surface area (Å²) < 4.78 is 37.9. The quantitative estimate of drug-likeness (QED) is 0.366. The van der Waals surface area contributed by atoms with Gasteiger partial charge < -0.3 is 20.3 Å². The normalized spacial score (nSPS) is 20.9. The second-order valence-electron chi connectivity index (χ2n) is 13.0. The van der Waals surface area contributed by atoms with E-state index in [0.29, 0.717) is 28.6 Å². The Morgan fingerprint density at radius 2 is 1.78 bits per heavy atom. The molecule has 2 aromatic rings. The number of sulfone groups is 1. The molecular formula is C31H45ClN2O6S. The van der Waals surface area contributed by atoms with Gasteiger partial charge in [0, 0.05) is 12.5 Å². The lowest BCUT2D eigenvalue weighted by atomic mass is 9.86. The summed E-state index contributed by atoms with van der Waals surface area (Å²) in [5.41, 5.74) is 8.06. The Morgan fingerprint density at radius 1 is 1.10 bits per heavy atom. The van der Waals surface area contributed by atoms with Crippen molar-refractivity contribution in [3.63, 3.8) is 0 Å². The van der Waals surface area contributed by atoms with Gasteiger partial charge >= 0.3 is 6.09 Å². The van der Waals surface area contributed by atoms with Crippen LogP contribution in [0.1, 0.15) is 71.6 Å². The zero-order valence-corrected chi connectivity index (χ0v) is 26.8. The van der Waals surface area contributed by atoms with Gasteiger partial charge in [-0.05, 0) is 67.9 Å². The summed E-state index contributed by atoms with van der Waals surface area (Å²) in [6, 6.07) is 10.2. The van der Waals surface area contributed by atoms with E-state index in [1.165, 1.54) is 4.90 Å². The molecule has 8 nitrogen and oxygen atoms in total. The van der Waals surface area contributed by atoms with Crippen LogP contribution >= 0.6 is 11.6 Å². The van der Waals surface area contributed by atoms with E-state index in [1.54, 1.807) is 32.9 Å². The van der Waals surface area contributed by atoms with Gasteiger partial charge in [0.2, 0.25) is 0 Å². The van der Waals surface area contributed by atoms with Gasteiger partial charge in [0.1, 0.15) is 11.4 Å². The number of ether oxygens (including phenoxy) is 2. The minimum absolute atomic E-state index is 0.0888. The summed E-state index contributed by atoms with van der Waals surface area (Å²) >= 11 is 6.37. The van der Waals surface area contributed by atoms with Crippen LogP contribution in [0.5, 0.6) is 5.75 Å². The minimum atomic E-state index is -3.62. The summed E-state index contributed by atoms with van der Waals surface area (Å²) in [4.78, 5) is 14.9. The maximum atomic E-state index is 13.5. The molecule has 3 N–H and O–H groups in total. The van der Waals surface area contributed by atoms with Crippen molar-refractivity contribution in [1.82, 2.24) is 4.90 Å². The van der Waals surface area contributed by atoms with Crippen LogP contribution in [0.2, 0.25) is 5.02 Å². The number of nitrogen functional groups attached to an aromatic ring is 1. The summed E-state index contributed by atoms with van der Waals surface area (Å²) in [5.74, 6) is -0.855. The van der Waals surface area contributed by atoms with Gasteiger partial charge in [0.05, 0.1) is 41.0 Å². The Balaban J connectivity index is 1.98. The third-order valence-electron chi connectivity index (χ3n) is 7.06. The lowest BCUT2D eigenvalue weighted by Crippen LogP contribution is -2.58. The van der Waals surface area contributed by atoms with E-state index >= 15 is 0 Å². The summed E-state index contributed by atoms with van der Waals surface area (Å²) in [6.45, 7) is 14.1. The molecule has 1 heterocycles. The molecule has 0 spiro atoms. The molecule has 1 aliphatic rings. The van der Waals surface area contributed by atoms with Crippen molar-refractivity contribution in [1.29, 1.82) is 0 Å². The Bertz CT molecular complexity index is 1330. The van der Waals surface area contributed by atoms with Crippen LogP contribution < -0.4 is 10.5 Å². The molecule has 3 unspecified atom stereocenters. The van der Waals surface area contributed by atoms with Crippen molar-refractivity contribution in [2.24, 2.45) is 5.92 Å². The number of carbonyl (C=O) groups is 1. The van der Waals surface area contributed by atoms with Gasteiger partial charge in [0.25, 0.3) is 0 Å². The molecule has 0 aliphatic carbocycles. The number of nitrogens with zero attached hydrogens (tertiary/aromatic N) is 1. The molecule has 41 heavy (non-hydrogen) atoms. The largest absolute Gasteiger partial charge is 0.491 e. The molecule has 2 aromatic carbocycles. The maximum Gasteiger partial charge on any atom is 0.410 e. The lowest BCUT2D eigenvalue weighted by Gasteiger charge is -2.41. The van der Waals surface area contributed by atoms with Gasteiger partial charge in [-0.1, -0.05) is 63.6 Å². The highest BCUT2D eigenvalue weighted by Gasteiger charge is 2.45. The van der Waals surface area contributed by atoms with E-state index in [9.17, 15) is 18.3 Å². The van der Waals surface area contributed by atoms with Crippen LogP contribution in [0.4, 0.5) is 10.5 Å². The highest BCUT2D eigenvalue weighted by molar-refractivity contribution is 7.91. The molecule has 0 saturated carbocycles. The average molecular weight is 609 g/mol. The second-order valence-corrected chi connectivity index (χ2v) is 15.6. The highest BCUT2D eigenvalue weighted by atomic mass is 35.5. The maximum absolute atomic E-state index is 13.5. The fraction of sp³-hybridized carbons (Fsp3) is 0.581. The number of benzene rings is 2. The number of carbonyl (C=O) groups excluding carboxylic acids is 1. The van der Waals surface area contributed by atoms with Crippen molar-refractivity contribution in [2.75, 3.05) is 23.8 Å². The molecule has 1 fully saturated rings. The Hall–Kier alpha value is -2.49. The predicted octanol–water partition coefficient (Wildman–Crippen LogP) is 5.76. The van der Waals surface area contributed by atoms with E-state index < -0.39 is 39.6 Å². The Kier molecular flexibility index (Phi) is 10.3. The first-order valence-corrected chi connectivity index (χ1v) is 16.3. The first-order chi connectivity index (χ1) is 18.9. The number of nitrogens with two attached hydrogens (primary N) is 1. The number of amides is 1. The number of rotatable bonds is 8. The molecule has 0 bridgehead atoms. The third kappa shape index (κ3) is 9.00. The number of hydrogen-bond donors (Lipinski definition) is 2. The lowest BCUT2D eigenvalue weighted by molar-refractivity contribution is -0.0172. The van der Waals surface area contributed by atoms with Crippen molar-refractivity contribution >= 4 is 33.2 Å². The average Bonchev–Trinajstić information content (AvgIpc) is 2.84. The van der Waals surface area contributed by atoms with Crippen LogP contribution in [0.15, 0.2) is 36.4 Å². The first-order valence-electron chi connectivity index (χ1n) is 14.1. The van der Waals surface area contributed by atoms with Crippen molar-refractivity contribution in [2.45, 2.75) is 91.0 Å². The molecular weight excluding hydrogens is 564 g/mol. The number of hydrogen-bond acceptors (Lipinski definition) is 7. The van der Waals surface area contributed by atoms with Gasteiger partial charge in [-0.15, -0.1) is 0 Å². The van der Waals surface area contributed by atoms with E-state index in [0.717, 1.165) is 17.5 Å². The minimum Gasteiger partial charge on any atom is -0.491 e. The van der Waals surface area contributed by atoms with Crippen LogP contribution in [0.25, 0.3) is 0 Å². The summed E-state index contributed by atoms with van der Waals surface area (Å²) in [5, 5.41) is 11.9. The number of anilines is 1. The highest BCUT2D eigenvalue weighted by Crippen LogP contribution is 2.35. The van der Waals surface area contributed by atoms with E-state index in [1.807, 2.05) is 31.2 Å². The molecule has 3 atom stereocenters. The zero-order chi connectivity index (χ0) is 30.8. The second kappa shape index (κ2) is 12.8. The van der Waals surface area contributed by atoms with Crippen LogP contribution in [-0.2, 0) is 33.0 Å². The summed E-state index contributed by atoms with van der Waals surface area (Å²) in [6.07, 6.45) is -0.819. The Labute approximate surface area is 250 Å². The smallest absolute Gasteiger partial charge is 0.410 e. The third-order valence-corrected chi connectivity index (χ3v) is 9.15. The van der Waals surface area contributed by atoms with E-state index in [4.69, 9.17) is 26.8 Å². The zero-order valence-electron chi connectivity index (χ0n) is 25.2. The Morgan fingerprint density at radius 3 is 2.39 bits per heavy atom. The van der Waals surface area contributed by atoms with Crippen LogP contribution in [0, 0.1) is 5.92 Å². The van der Waals surface area contributed by atoms with Crippen LogP contribution in [0.3, 0.4) is 0 Å². The van der Waals surface area contributed by atoms with Crippen molar-refractivity contribution in [3.8, 4) is 5.75 Å². The van der Waals surface area contributed by atoms with Gasteiger partial charge in [-0.2, -0.15) is 0 Å². The summed E-state index contributed by atoms with van der Waals surface area (Å²) in [7, 11) is -3.62. The SMILES string of the molecule is CCCOc1cc(CC2CS(=O)(=O)CC(N(Cc3cccc(C(C)(C)C)c3)C(=O)OC(C)(C)C)C2O)cc(Cl)c1N. The first kappa shape index (κ1) is 33.0. The van der Waals surface area contributed by atoms with Crippen molar-refractivity contribution < 1.29 is 27.8 Å². The predicted molar refractivity (Wildman–Crippen MR) is 164 cm³/mol. The molecule has 0 radical (unpaired) electrons. The fourth-order valence-electron chi connectivity index (χ4n) is 4.99. The van der Waals surface area contributed by atoms with E-state index in [-0.39, 0.29) is 29.9 Å². The molecule has 228 valence electrons. The molecule has 10 heteroatoms.